The molecule has 3 rings (SSSR count). The van der Waals surface area contributed by atoms with Crippen LogP contribution in [0.1, 0.15) is 12.1 Å². The van der Waals surface area contributed by atoms with Crippen LogP contribution in [-0.2, 0) is 16.1 Å². The van der Waals surface area contributed by atoms with Gasteiger partial charge in [0.25, 0.3) is 0 Å². The topological polar surface area (TPSA) is 76.5 Å². The van der Waals surface area contributed by atoms with Crippen molar-refractivity contribution in [1.29, 1.82) is 0 Å². The minimum absolute atomic E-state index is 0.0318. The fourth-order valence-electron chi connectivity index (χ4n) is 2.57. The predicted octanol–water partition coefficient (Wildman–Crippen LogP) is 1.58. The molecular weight excluding hydrogens is 296 g/mol. The average Bonchev–Trinajstić information content (AvgIpc) is 2.92. The first-order chi connectivity index (χ1) is 11.1. The summed E-state index contributed by atoms with van der Waals surface area (Å²) in [6, 6.07) is 8.85. The Kier molecular flexibility index (Phi) is 4.01. The first-order valence-corrected chi connectivity index (χ1v) is 7.35. The van der Waals surface area contributed by atoms with Gasteiger partial charge in [-0.2, -0.15) is 5.10 Å². The Labute approximate surface area is 133 Å². The van der Waals surface area contributed by atoms with Gasteiger partial charge in [0.1, 0.15) is 18.1 Å². The summed E-state index contributed by atoms with van der Waals surface area (Å²) in [6.07, 6.45) is 0.351. The zero-order valence-corrected chi connectivity index (χ0v) is 13.1. The van der Waals surface area contributed by atoms with E-state index in [9.17, 15) is 9.59 Å². The van der Waals surface area contributed by atoms with Crippen molar-refractivity contribution in [3.05, 3.63) is 36.0 Å². The number of carbonyl (C=O) groups is 2. The Bertz CT molecular complexity index is 736. The number of methoxy groups -OCH3 is 1. The molecule has 0 unspecified atom stereocenters. The molecule has 0 saturated carbocycles. The maximum Gasteiger partial charge on any atom is 0.244 e. The Balaban J connectivity index is 1.70. The van der Waals surface area contributed by atoms with Gasteiger partial charge in [-0.05, 0) is 31.2 Å². The third-order valence-electron chi connectivity index (χ3n) is 3.67. The van der Waals surface area contributed by atoms with Gasteiger partial charge < -0.3 is 10.1 Å². The smallest absolute Gasteiger partial charge is 0.244 e. The van der Waals surface area contributed by atoms with Crippen molar-refractivity contribution in [2.45, 2.75) is 19.9 Å². The van der Waals surface area contributed by atoms with Gasteiger partial charge in [-0.3, -0.25) is 14.5 Å². The molecule has 2 heterocycles. The first kappa shape index (κ1) is 15.1. The van der Waals surface area contributed by atoms with E-state index in [2.05, 4.69) is 10.4 Å². The molecule has 7 heteroatoms. The Morgan fingerprint density at radius 2 is 2.09 bits per heavy atom. The largest absolute Gasteiger partial charge is 0.497 e. The fourth-order valence-corrected chi connectivity index (χ4v) is 2.57. The maximum atomic E-state index is 12.2. The molecule has 1 aliphatic heterocycles. The second-order valence-electron chi connectivity index (χ2n) is 5.37. The average molecular weight is 314 g/mol. The van der Waals surface area contributed by atoms with Crippen LogP contribution in [0, 0.1) is 6.92 Å². The van der Waals surface area contributed by atoms with Crippen molar-refractivity contribution in [2.24, 2.45) is 0 Å². The highest BCUT2D eigenvalue weighted by molar-refractivity contribution is 6.02. The number of hydrogen-bond donors (Lipinski definition) is 1. The van der Waals surface area contributed by atoms with Crippen molar-refractivity contribution in [3.8, 4) is 5.75 Å². The van der Waals surface area contributed by atoms with Gasteiger partial charge in [0.05, 0.1) is 19.3 Å². The van der Waals surface area contributed by atoms with Crippen LogP contribution in [-0.4, -0.2) is 35.2 Å². The van der Waals surface area contributed by atoms with Gasteiger partial charge in [0, 0.05) is 18.2 Å². The van der Waals surface area contributed by atoms with Gasteiger partial charge in [-0.15, -0.1) is 0 Å². The molecule has 2 amide bonds. The van der Waals surface area contributed by atoms with Crippen LogP contribution in [0.5, 0.6) is 5.75 Å². The molecule has 7 nitrogen and oxygen atoms in total. The summed E-state index contributed by atoms with van der Waals surface area (Å²) >= 11 is 0. The van der Waals surface area contributed by atoms with E-state index in [1.54, 1.807) is 36.1 Å². The number of aromatic nitrogens is 2. The number of benzene rings is 1. The van der Waals surface area contributed by atoms with Crippen LogP contribution in [0.15, 0.2) is 30.3 Å². The summed E-state index contributed by atoms with van der Waals surface area (Å²) in [7, 11) is 1.58. The van der Waals surface area contributed by atoms with E-state index in [0.717, 1.165) is 5.69 Å². The molecule has 0 saturated heterocycles. The molecule has 0 atom stereocenters. The van der Waals surface area contributed by atoms with Gasteiger partial charge in [0.2, 0.25) is 11.8 Å². The lowest BCUT2D eigenvalue weighted by atomic mass is 10.2. The lowest BCUT2D eigenvalue weighted by molar-refractivity contribution is -0.122. The number of aryl methyl sites for hydroxylation is 2. The highest BCUT2D eigenvalue weighted by atomic mass is 16.5. The van der Waals surface area contributed by atoms with E-state index >= 15 is 0 Å². The predicted molar refractivity (Wildman–Crippen MR) is 85.6 cm³/mol. The number of anilines is 2. The highest BCUT2D eigenvalue weighted by Crippen LogP contribution is 2.22. The number of rotatable bonds is 4. The van der Waals surface area contributed by atoms with Gasteiger partial charge in [-0.1, -0.05) is 0 Å². The van der Waals surface area contributed by atoms with Gasteiger partial charge in [-0.25, -0.2) is 4.68 Å². The molecule has 1 aromatic heterocycles. The molecular formula is C16H18N4O3. The Morgan fingerprint density at radius 3 is 2.78 bits per heavy atom. The standard InChI is InChI=1S/C16H18N4O3/c1-11-9-15-19(16(22)7-8-20(15)18-11)10-14(21)17-12-3-5-13(23-2)6-4-12/h3-6,9H,7-8,10H2,1-2H3,(H,17,21). The summed E-state index contributed by atoms with van der Waals surface area (Å²) in [5, 5.41) is 7.10. The molecule has 1 N–H and O–H groups in total. The number of hydrogen-bond acceptors (Lipinski definition) is 4. The minimum atomic E-state index is -0.254. The van der Waals surface area contributed by atoms with Crippen molar-refractivity contribution >= 4 is 23.3 Å². The van der Waals surface area contributed by atoms with Crippen LogP contribution in [0.25, 0.3) is 0 Å². The normalized spacial score (nSPS) is 13.7. The Morgan fingerprint density at radius 1 is 1.35 bits per heavy atom. The monoisotopic (exact) mass is 314 g/mol. The number of nitrogens with one attached hydrogen (secondary N) is 1. The lowest BCUT2D eigenvalue weighted by Crippen LogP contribution is -2.42. The molecule has 23 heavy (non-hydrogen) atoms. The van der Waals surface area contributed by atoms with Crippen LogP contribution in [0.3, 0.4) is 0 Å². The summed E-state index contributed by atoms with van der Waals surface area (Å²) < 4.78 is 6.84. The van der Waals surface area contributed by atoms with Crippen LogP contribution < -0.4 is 15.0 Å². The van der Waals surface area contributed by atoms with Crippen LogP contribution in [0.2, 0.25) is 0 Å². The van der Waals surface area contributed by atoms with E-state index < -0.39 is 0 Å². The van der Waals surface area contributed by atoms with Crippen molar-refractivity contribution in [3.63, 3.8) is 0 Å². The minimum Gasteiger partial charge on any atom is -0.497 e. The summed E-state index contributed by atoms with van der Waals surface area (Å²) in [4.78, 5) is 25.8. The zero-order valence-electron chi connectivity index (χ0n) is 13.1. The summed E-state index contributed by atoms with van der Waals surface area (Å²) in [5.41, 5.74) is 1.49. The SMILES string of the molecule is COc1ccc(NC(=O)CN2C(=O)CCn3nc(C)cc32)cc1. The molecule has 0 radical (unpaired) electrons. The molecule has 1 aromatic carbocycles. The maximum absolute atomic E-state index is 12.2. The van der Waals surface area contributed by atoms with E-state index in [0.29, 0.717) is 30.2 Å². The molecule has 0 fully saturated rings. The van der Waals surface area contributed by atoms with Crippen molar-refractivity contribution in [2.75, 3.05) is 23.9 Å². The zero-order chi connectivity index (χ0) is 16.4. The van der Waals surface area contributed by atoms with Crippen molar-refractivity contribution in [1.82, 2.24) is 9.78 Å². The lowest BCUT2D eigenvalue weighted by Gasteiger charge is -2.26. The summed E-state index contributed by atoms with van der Waals surface area (Å²) in [6.45, 7) is 2.39. The number of ether oxygens (including phenoxy) is 1. The van der Waals surface area contributed by atoms with E-state index in [-0.39, 0.29) is 18.4 Å². The quantitative estimate of drug-likeness (QED) is 0.929. The molecule has 0 bridgehead atoms. The molecule has 2 aromatic rings. The summed E-state index contributed by atoms with van der Waals surface area (Å²) in [5.74, 6) is 1.07. The first-order valence-electron chi connectivity index (χ1n) is 7.35. The highest BCUT2D eigenvalue weighted by Gasteiger charge is 2.27. The molecule has 0 spiro atoms. The Hall–Kier alpha value is -2.83. The molecule has 120 valence electrons. The molecule has 1 aliphatic rings. The van der Waals surface area contributed by atoms with E-state index in [1.807, 2.05) is 13.0 Å². The third kappa shape index (κ3) is 3.18. The van der Waals surface area contributed by atoms with Crippen molar-refractivity contribution < 1.29 is 14.3 Å². The van der Waals surface area contributed by atoms with Gasteiger partial charge >= 0.3 is 0 Å². The fraction of sp³-hybridized carbons (Fsp3) is 0.312. The third-order valence-corrected chi connectivity index (χ3v) is 3.67. The van der Waals surface area contributed by atoms with E-state index in [1.165, 1.54) is 4.90 Å². The number of amides is 2. The van der Waals surface area contributed by atoms with Crippen LogP contribution >= 0.6 is 0 Å². The van der Waals surface area contributed by atoms with E-state index in [4.69, 9.17) is 4.74 Å². The van der Waals surface area contributed by atoms with Gasteiger partial charge in [0.15, 0.2) is 0 Å². The molecule has 0 aliphatic carbocycles. The number of nitrogens with zero attached hydrogens (tertiary/aromatic N) is 3. The second-order valence-corrected chi connectivity index (χ2v) is 5.37. The number of carbonyl (C=O) groups excluding carboxylic acids is 2. The second kappa shape index (κ2) is 6.12. The number of fused-ring (bicyclic) bond motifs is 1. The van der Waals surface area contributed by atoms with Crippen LogP contribution in [0.4, 0.5) is 11.5 Å².